The Morgan fingerprint density at radius 3 is 2.82 bits per heavy atom. The molecule has 6 heteroatoms. The molecule has 4 nitrogen and oxygen atoms in total. The molecule has 90 valence electrons. The van der Waals surface area contributed by atoms with Gasteiger partial charge < -0.3 is 10.1 Å². The first-order valence-electron chi connectivity index (χ1n) is 4.90. The zero-order valence-electron chi connectivity index (χ0n) is 8.92. The Balaban J connectivity index is 2.52. The van der Waals surface area contributed by atoms with E-state index in [1.165, 1.54) is 7.11 Å². The number of carbonyl (C=O) groups is 2. The number of hydrogen-bond acceptors (Lipinski definition) is 4. The second-order valence-corrected chi connectivity index (χ2v) is 4.81. The number of fused-ring (bicyclic) bond motifs is 1. The maximum atomic E-state index is 11.7. The summed E-state index contributed by atoms with van der Waals surface area (Å²) in [4.78, 5) is 22.7. The molecule has 1 unspecified atom stereocenters. The van der Waals surface area contributed by atoms with Crippen LogP contribution in [0.3, 0.4) is 0 Å². The fourth-order valence-corrected chi connectivity index (χ4v) is 2.56. The fourth-order valence-electron chi connectivity index (χ4n) is 1.94. The molecule has 1 aromatic carbocycles. The molecule has 1 aliphatic rings. The molecule has 1 N–H and O–H groups in total. The number of methoxy groups -OCH3 is 1. The van der Waals surface area contributed by atoms with Crippen LogP contribution in [-0.2, 0) is 9.59 Å². The van der Waals surface area contributed by atoms with E-state index in [1.807, 2.05) is 6.07 Å². The predicted molar refractivity (Wildman–Crippen MR) is 67.8 cm³/mol. The highest BCUT2D eigenvalue weighted by atomic mass is 79.9. The molecule has 0 radical (unpaired) electrons. The van der Waals surface area contributed by atoms with Crippen LogP contribution in [0, 0.1) is 0 Å². The lowest BCUT2D eigenvalue weighted by molar-refractivity contribution is -0.132. The average molecular weight is 319 g/mol. The van der Waals surface area contributed by atoms with Gasteiger partial charge in [0.2, 0.25) is 5.78 Å². The number of rotatable bonds is 3. The number of Topliss-reactive ketones (excluding diaryl/α,β-unsaturated/α-hetero) is 1. The van der Waals surface area contributed by atoms with Gasteiger partial charge in [0.1, 0.15) is 5.75 Å². The summed E-state index contributed by atoms with van der Waals surface area (Å²) in [6.07, 6.45) is 0. The maximum absolute atomic E-state index is 11.7. The molecule has 1 heterocycles. The monoisotopic (exact) mass is 317 g/mol. The van der Waals surface area contributed by atoms with Crippen LogP contribution in [0.4, 0.5) is 5.69 Å². The summed E-state index contributed by atoms with van der Waals surface area (Å²) in [6.45, 7) is 0.353. The zero-order valence-corrected chi connectivity index (χ0v) is 11.3. The van der Waals surface area contributed by atoms with Gasteiger partial charge in [-0.1, -0.05) is 0 Å². The van der Waals surface area contributed by atoms with Crippen molar-refractivity contribution in [1.82, 2.24) is 0 Å². The van der Waals surface area contributed by atoms with Crippen LogP contribution in [0.25, 0.3) is 0 Å². The van der Waals surface area contributed by atoms with Crippen molar-refractivity contribution in [1.29, 1.82) is 0 Å². The van der Waals surface area contributed by atoms with Crippen molar-refractivity contribution in [3.63, 3.8) is 0 Å². The third-order valence-corrected chi connectivity index (χ3v) is 3.56. The Morgan fingerprint density at radius 2 is 2.24 bits per heavy atom. The molecule has 0 bridgehead atoms. The Labute approximate surface area is 111 Å². The number of hydrogen-bond donors (Lipinski definition) is 1. The van der Waals surface area contributed by atoms with E-state index in [9.17, 15) is 9.59 Å². The second-order valence-electron chi connectivity index (χ2n) is 3.61. The van der Waals surface area contributed by atoms with Crippen molar-refractivity contribution in [2.45, 2.75) is 5.92 Å². The second kappa shape index (κ2) is 4.66. The lowest BCUT2D eigenvalue weighted by Crippen LogP contribution is -2.20. The van der Waals surface area contributed by atoms with Crippen molar-refractivity contribution in [3.05, 3.63) is 22.2 Å². The number of ether oxygens (including phenoxy) is 1. The number of halogens is 2. The summed E-state index contributed by atoms with van der Waals surface area (Å²) in [5.41, 5.74) is 1.46. The van der Waals surface area contributed by atoms with Crippen molar-refractivity contribution in [3.8, 4) is 5.75 Å². The van der Waals surface area contributed by atoms with Gasteiger partial charge in [-0.2, -0.15) is 0 Å². The molecule has 0 aromatic heterocycles. The van der Waals surface area contributed by atoms with Gasteiger partial charge in [-0.3, -0.25) is 9.59 Å². The van der Waals surface area contributed by atoms with E-state index in [-0.39, 0.29) is 0 Å². The molecule has 0 amide bonds. The number of carbonyl (C=O) groups excluding carboxylic acids is 2. The molecule has 1 atom stereocenters. The largest absolute Gasteiger partial charge is 0.496 e. The van der Waals surface area contributed by atoms with Gasteiger partial charge in [-0.15, -0.1) is 0 Å². The summed E-state index contributed by atoms with van der Waals surface area (Å²) in [5, 5.41) is 2.12. The van der Waals surface area contributed by atoms with Crippen LogP contribution in [0.15, 0.2) is 16.6 Å². The highest BCUT2D eigenvalue weighted by molar-refractivity contribution is 9.10. The minimum Gasteiger partial charge on any atom is -0.496 e. The van der Waals surface area contributed by atoms with Crippen LogP contribution in [0.1, 0.15) is 11.5 Å². The van der Waals surface area contributed by atoms with Gasteiger partial charge in [0.15, 0.2) is 0 Å². The van der Waals surface area contributed by atoms with Crippen molar-refractivity contribution in [2.24, 2.45) is 0 Å². The summed E-state index contributed by atoms with van der Waals surface area (Å²) >= 11 is 8.62. The SMILES string of the molecule is COc1ccc(Br)c2c1C(C(=O)C(=O)Cl)CN2. The molecule has 17 heavy (non-hydrogen) atoms. The van der Waals surface area contributed by atoms with Crippen molar-refractivity contribution < 1.29 is 14.3 Å². The normalized spacial score (nSPS) is 17.2. The average Bonchev–Trinajstić information content (AvgIpc) is 2.74. The lowest BCUT2D eigenvalue weighted by atomic mass is 9.96. The number of anilines is 1. The Kier molecular flexibility index (Phi) is 3.40. The molecule has 0 saturated carbocycles. The van der Waals surface area contributed by atoms with Crippen LogP contribution >= 0.6 is 27.5 Å². The summed E-state index contributed by atoms with van der Waals surface area (Å²) in [7, 11) is 1.52. The van der Waals surface area contributed by atoms with Gasteiger partial charge in [0.05, 0.1) is 18.7 Å². The standard InChI is InChI=1S/C11H9BrClNO3/c1-17-7-3-2-6(12)9-8(7)5(4-14-9)10(15)11(13)16/h2-3,5,14H,4H2,1H3. The highest BCUT2D eigenvalue weighted by Gasteiger charge is 2.35. The van der Waals surface area contributed by atoms with Crippen LogP contribution in [0.2, 0.25) is 0 Å². The minimum atomic E-state index is -0.952. The van der Waals surface area contributed by atoms with Crippen LogP contribution < -0.4 is 10.1 Å². The minimum absolute atomic E-state index is 0.353. The van der Waals surface area contributed by atoms with Crippen molar-refractivity contribution >= 4 is 44.2 Å². The summed E-state index contributed by atoms with van der Waals surface area (Å²) in [6, 6.07) is 3.56. The van der Waals surface area contributed by atoms with Crippen molar-refractivity contribution in [2.75, 3.05) is 19.0 Å². The lowest BCUT2D eigenvalue weighted by Gasteiger charge is -2.11. The molecular formula is C11H9BrClNO3. The van der Waals surface area contributed by atoms with E-state index >= 15 is 0 Å². The quantitative estimate of drug-likeness (QED) is 0.686. The van der Waals surface area contributed by atoms with E-state index in [0.717, 1.165) is 10.2 Å². The molecule has 0 saturated heterocycles. The Bertz CT molecular complexity index is 504. The molecule has 0 spiro atoms. The first-order valence-corrected chi connectivity index (χ1v) is 6.07. The highest BCUT2D eigenvalue weighted by Crippen LogP contribution is 2.43. The Hall–Kier alpha value is -1.07. The maximum Gasteiger partial charge on any atom is 0.288 e. The van der Waals surface area contributed by atoms with E-state index in [1.54, 1.807) is 6.07 Å². The van der Waals surface area contributed by atoms with Gasteiger partial charge >= 0.3 is 0 Å². The fraction of sp³-hybridized carbons (Fsp3) is 0.273. The van der Waals surface area contributed by atoms with E-state index in [0.29, 0.717) is 17.9 Å². The molecule has 1 aromatic rings. The first-order chi connectivity index (χ1) is 8.06. The smallest absolute Gasteiger partial charge is 0.288 e. The van der Waals surface area contributed by atoms with Gasteiger partial charge in [0.25, 0.3) is 5.24 Å². The van der Waals surface area contributed by atoms with E-state index in [2.05, 4.69) is 21.2 Å². The van der Waals surface area contributed by atoms with Gasteiger partial charge in [-0.25, -0.2) is 0 Å². The van der Waals surface area contributed by atoms with Crippen LogP contribution in [-0.4, -0.2) is 24.7 Å². The number of nitrogens with one attached hydrogen (secondary N) is 1. The topological polar surface area (TPSA) is 55.4 Å². The molecule has 0 fully saturated rings. The van der Waals surface area contributed by atoms with E-state index < -0.39 is 16.9 Å². The van der Waals surface area contributed by atoms with Gasteiger partial charge in [0, 0.05) is 16.6 Å². The predicted octanol–water partition coefficient (Wildman–Crippen LogP) is 2.30. The van der Waals surface area contributed by atoms with Gasteiger partial charge in [-0.05, 0) is 39.7 Å². The number of benzene rings is 1. The molecule has 0 aliphatic carbocycles. The summed E-state index contributed by atoms with van der Waals surface area (Å²) < 4.78 is 6.03. The summed E-state index contributed by atoms with van der Waals surface area (Å²) in [5.74, 6) is -0.624. The zero-order chi connectivity index (χ0) is 12.6. The molecule has 1 aliphatic heterocycles. The van der Waals surface area contributed by atoms with Crippen LogP contribution in [0.5, 0.6) is 5.75 Å². The molecular weight excluding hydrogens is 309 g/mol. The third-order valence-electron chi connectivity index (χ3n) is 2.72. The molecule has 2 rings (SSSR count). The first kappa shape index (κ1) is 12.4. The number of ketones is 1. The Morgan fingerprint density at radius 1 is 1.53 bits per heavy atom. The van der Waals surface area contributed by atoms with E-state index in [4.69, 9.17) is 16.3 Å². The third kappa shape index (κ3) is 2.05.